The van der Waals surface area contributed by atoms with Gasteiger partial charge in [0.2, 0.25) is 0 Å². The Balaban J connectivity index is 2.92. The molecule has 0 saturated heterocycles. The summed E-state index contributed by atoms with van der Waals surface area (Å²) in [6.45, 7) is 4.28. The molecule has 0 amide bonds. The third-order valence-corrected chi connectivity index (χ3v) is 3.94. The van der Waals surface area contributed by atoms with Crippen molar-refractivity contribution in [1.29, 1.82) is 0 Å². The molecule has 0 aliphatic rings. The average molecular weight is 351 g/mol. The molecule has 108 valence electrons. The molecule has 0 aliphatic heterocycles. The Kier molecular flexibility index (Phi) is 7.76. The third kappa shape index (κ3) is 4.95. The Morgan fingerprint density at radius 1 is 1.32 bits per heavy atom. The minimum atomic E-state index is 0.269. The summed E-state index contributed by atoms with van der Waals surface area (Å²) in [4.78, 5) is 2.25. The lowest BCUT2D eigenvalue weighted by atomic mass is 10.2. The van der Waals surface area contributed by atoms with E-state index in [0.29, 0.717) is 13.2 Å². The Bertz CT molecular complexity index is 390. The van der Waals surface area contributed by atoms with E-state index in [1.54, 1.807) is 14.2 Å². The van der Waals surface area contributed by atoms with Gasteiger partial charge in [0.05, 0.1) is 13.2 Å². The molecule has 0 radical (unpaired) electrons. The Morgan fingerprint density at radius 2 is 2.05 bits per heavy atom. The van der Waals surface area contributed by atoms with E-state index in [1.807, 2.05) is 12.1 Å². The molecule has 0 spiro atoms. The van der Waals surface area contributed by atoms with Crippen LogP contribution in [0.5, 0.6) is 0 Å². The van der Waals surface area contributed by atoms with Crippen molar-refractivity contribution in [3.8, 4) is 0 Å². The summed E-state index contributed by atoms with van der Waals surface area (Å²) < 4.78 is 10.4. The molecule has 0 aromatic heterocycles. The smallest absolute Gasteiger partial charge is 0.0663 e. The van der Waals surface area contributed by atoms with Crippen molar-refractivity contribution in [3.63, 3.8) is 0 Å². The molecule has 1 unspecified atom stereocenters. The van der Waals surface area contributed by atoms with E-state index in [4.69, 9.17) is 21.1 Å². The van der Waals surface area contributed by atoms with Crippen LogP contribution >= 0.6 is 27.5 Å². The van der Waals surface area contributed by atoms with E-state index in [9.17, 15) is 0 Å². The van der Waals surface area contributed by atoms with Crippen molar-refractivity contribution < 1.29 is 9.47 Å². The van der Waals surface area contributed by atoms with Gasteiger partial charge in [0.1, 0.15) is 0 Å². The van der Waals surface area contributed by atoms with Crippen LogP contribution in [0.1, 0.15) is 12.5 Å². The quantitative estimate of drug-likeness (QED) is 0.667. The van der Waals surface area contributed by atoms with Crippen molar-refractivity contribution in [2.24, 2.45) is 0 Å². The number of benzene rings is 1. The number of rotatable bonds is 8. The number of nitrogens with zero attached hydrogens (tertiary/aromatic N) is 1. The van der Waals surface area contributed by atoms with E-state index < -0.39 is 0 Å². The van der Waals surface area contributed by atoms with Gasteiger partial charge in [-0.15, -0.1) is 0 Å². The zero-order valence-corrected chi connectivity index (χ0v) is 14.0. The molecule has 5 heteroatoms. The lowest BCUT2D eigenvalue weighted by molar-refractivity contribution is 0.171. The highest BCUT2D eigenvalue weighted by molar-refractivity contribution is 9.08. The van der Waals surface area contributed by atoms with Crippen molar-refractivity contribution >= 4 is 33.2 Å². The average Bonchev–Trinajstić information content (AvgIpc) is 2.39. The Hall–Kier alpha value is -0.290. The number of halogens is 2. The molecule has 0 N–H and O–H groups in total. The summed E-state index contributed by atoms with van der Waals surface area (Å²) in [6.07, 6.45) is 0. The highest BCUT2D eigenvalue weighted by Gasteiger charge is 2.15. The lowest BCUT2D eigenvalue weighted by Gasteiger charge is -2.31. The molecule has 19 heavy (non-hydrogen) atoms. The number of hydrogen-bond donors (Lipinski definition) is 0. The summed E-state index contributed by atoms with van der Waals surface area (Å²) in [5.74, 6) is 0. The predicted molar refractivity (Wildman–Crippen MR) is 84.6 cm³/mol. The van der Waals surface area contributed by atoms with Crippen LogP contribution in [-0.4, -0.2) is 40.0 Å². The molecule has 3 nitrogen and oxygen atoms in total. The number of hydrogen-bond acceptors (Lipinski definition) is 3. The van der Waals surface area contributed by atoms with Gasteiger partial charge in [0.25, 0.3) is 0 Å². The van der Waals surface area contributed by atoms with Gasteiger partial charge in [0, 0.05) is 42.8 Å². The molecule has 0 saturated carbocycles. The Morgan fingerprint density at radius 3 is 2.58 bits per heavy atom. The zero-order chi connectivity index (χ0) is 14.3. The first-order chi connectivity index (χ1) is 9.13. The van der Waals surface area contributed by atoms with Crippen LogP contribution in [-0.2, 0) is 14.8 Å². The lowest BCUT2D eigenvalue weighted by Crippen LogP contribution is -2.38. The number of anilines is 1. The molecule has 0 heterocycles. The molecule has 1 atom stereocenters. The van der Waals surface area contributed by atoms with Gasteiger partial charge in [-0.25, -0.2) is 0 Å². The van der Waals surface area contributed by atoms with Crippen molar-refractivity contribution in [3.05, 3.63) is 28.8 Å². The first-order valence-corrected chi connectivity index (χ1v) is 7.72. The highest BCUT2D eigenvalue weighted by atomic mass is 79.9. The van der Waals surface area contributed by atoms with E-state index >= 15 is 0 Å². The van der Waals surface area contributed by atoms with Crippen LogP contribution in [0, 0.1) is 0 Å². The first kappa shape index (κ1) is 16.8. The van der Waals surface area contributed by atoms with Crippen LogP contribution in [0.3, 0.4) is 0 Å². The zero-order valence-electron chi connectivity index (χ0n) is 11.7. The third-order valence-electron chi connectivity index (χ3n) is 2.99. The molecule has 0 fully saturated rings. The first-order valence-electron chi connectivity index (χ1n) is 6.23. The Labute approximate surface area is 129 Å². The highest BCUT2D eigenvalue weighted by Crippen LogP contribution is 2.26. The minimum absolute atomic E-state index is 0.269. The summed E-state index contributed by atoms with van der Waals surface area (Å²) in [5, 5.41) is 1.54. The number of alkyl halides is 1. The normalized spacial score (nSPS) is 12.5. The van der Waals surface area contributed by atoms with Crippen LogP contribution in [0.4, 0.5) is 5.69 Å². The second kappa shape index (κ2) is 8.80. The number of methoxy groups -OCH3 is 2. The van der Waals surface area contributed by atoms with Crippen LogP contribution in [0.25, 0.3) is 0 Å². The maximum absolute atomic E-state index is 6.27. The second-order valence-corrected chi connectivity index (χ2v) is 5.37. The SMILES string of the molecule is COCCN(c1ccc(CBr)c(Cl)c1)C(C)COC. The van der Waals surface area contributed by atoms with Crippen molar-refractivity contribution in [2.75, 3.05) is 38.9 Å². The maximum Gasteiger partial charge on any atom is 0.0663 e. The fourth-order valence-electron chi connectivity index (χ4n) is 1.95. The van der Waals surface area contributed by atoms with E-state index in [0.717, 1.165) is 28.1 Å². The second-order valence-electron chi connectivity index (χ2n) is 4.40. The molecule has 1 aromatic rings. The molecular formula is C14H21BrClNO2. The molecule has 0 bridgehead atoms. The summed E-state index contributed by atoms with van der Waals surface area (Å²) >= 11 is 9.70. The molecule has 1 rings (SSSR count). The van der Waals surface area contributed by atoms with Gasteiger partial charge < -0.3 is 14.4 Å². The predicted octanol–water partition coefficient (Wildman–Crippen LogP) is 3.72. The van der Waals surface area contributed by atoms with Gasteiger partial charge in [-0.2, -0.15) is 0 Å². The van der Waals surface area contributed by atoms with Gasteiger partial charge >= 0.3 is 0 Å². The largest absolute Gasteiger partial charge is 0.383 e. The van der Waals surface area contributed by atoms with Crippen LogP contribution < -0.4 is 4.90 Å². The van der Waals surface area contributed by atoms with Crippen LogP contribution in [0.15, 0.2) is 18.2 Å². The topological polar surface area (TPSA) is 21.7 Å². The van der Waals surface area contributed by atoms with Crippen molar-refractivity contribution in [2.45, 2.75) is 18.3 Å². The summed E-state index contributed by atoms with van der Waals surface area (Å²) in [6, 6.07) is 6.40. The fraction of sp³-hybridized carbons (Fsp3) is 0.571. The van der Waals surface area contributed by atoms with Crippen molar-refractivity contribution in [1.82, 2.24) is 0 Å². The minimum Gasteiger partial charge on any atom is -0.383 e. The van der Waals surface area contributed by atoms with Gasteiger partial charge in [0.15, 0.2) is 0 Å². The van der Waals surface area contributed by atoms with Crippen LogP contribution in [0.2, 0.25) is 5.02 Å². The standard InChI is InChI=1S/C14H21BrClNO2/c1-11(10-19-3)17(6-7-18-2)13-5-4-12(9-15)14(16)8-13/h4-5,8,11H,6-7,9-10H2,1-3H3. The maximum atomic E-state index is 6.27. The van der Waals surface area contributed by atoms with Gasteiger partial charge in [-0.05, 0) is 24.6 Å². The molecule has 1 aromatic carbocycles. The number of ether oxygens (including phenoxy) is 2. The molecular weight excluding hydrogens is 330 g/mol. The van der Waals surface area contributed by atoms with E-state index in [1.165, 1.54) is 0 Å². The van der Waals surface area contributed by atoms with Gasteiger partial charge in [-0.1, -0.05) is 33.6 Å². The fourth-order valence-corrected chi connectivity index (χ4v) is 2.84. The summed E-state index contributed by atoms with van der Waals surface area (Å²) in [5.41, 5.74) is 2.19. The monoisotopic (exact) mass is 349 g/mol. The molecule has 0 aliphatic carbocycles. The van der Waals surface area contributed by atoms with E-state index in [2.05, 4.69) is 33.8 Å². The van der Waals surface area contributed by atoms with Gasteiger partial charge in [-0.3, -0.25) is 0 Å². The van der Waals surface area contributed by atoms with E-state index in [-0.39, 0.29) is 6.04 Å². The summed E-state index contributed by atoms with van der Waals surface area (Å²) in [7, 11) is 3.42.